The van der Waals surface area contributed by atoms with E-state index in [2.05, 4.69) is 42.2 Å². The first kappa shape index (κ1) is 27.4. The van der Waals surface area contributed by atoms with E-state index in [4.69, 9.17) is 22.9 Å². The molecule has 0 aromatic carbocycles. The Morgan fingerprint density at radius 3 is 2.92 bits per heavy atom. The molecule has 38 heavy (non-hydrogen) atoms. The van der Waals surface area contributed by atoms with Gasteiger partial charge < -0.3 is 20.6 Å². The molecule has 3 N–H and O–H groups in total. The van der Waals surface area contributed by atoms with Gasteiger partial charge in [0.15, 0.2) is 17.5 Å². The number of amides is 3. The average Bonchev–Trinajstić information content (AvgIpc) is 3.47. The Hall–Kier alpha value is -3.66. The fourth-order valence-electron chi connectivity index (χ4n) is 3.39. The Morgan fingerprint density at radius 1 is 1.47 bits per heavy atom. The minimum absolute atomic E-state index is 0.0255. The Balaban J connectivity index is 1.52. The molecule has 0 spiro atoms. The number of terminal acetylenes is 1. The molecule has 2 aromatic rings. The lowest BCUT2D eigenvalue weighted by Gasteiger charge is -2.49. The Morgan fingerprint density at radius 2 is 2.26 bits per heavy atom. The average molecular weight is 598 g/mol. The van der Waals surface area contributed by atoms with Gasteiger partial charge in [-0.3, -0.25) is 19.3 Å². The van der Waals surface area contributed by atoms with Gasteiger partial charge >= 0.3 is 5.97 Å². The number of carbonyl (C=O) groups is 4. The molecule has 15 nitrogen and oxygen atoms in total. The number of thioether (sulfide) groups is 2. The number of hydrogen-bond donors (Lipinski definition) is 3. The molecule has 0 aliphatic carbocycles. The van der Waals surface area contributed by atoms with Gasteiger partial charge in [0.25, 0.3) is 11.8 Å². The minimum Gasteiger partial charge on any atom is -0.477 e. The zero-order chi connectivity index (χ0) is 27.4. The zero-order valence-corrected chi connectivity index (χ0v) is 22.4. The highest BCUT2D eigenvalue weighted by molar-refractivity contribution is 8.01. The van der Waals surface area contributed by atoms with Crippen LogP contribution in [0.15, 0.2) is 21.6 Å². The third kappa shape index (κ3) is 5.45. The predicted octanol–water partition coefficient (Wildman–Crippen LogP) is -0.227. The smallest absolute Gasteiger partial charge is 0.352 e. The molecular weight excluding hydrogens is 582 g/mol. The quantitative estimate of drug-likeness (QED) is 0.0587. The number of β-lactam (4-membered cyclic amide) rings is 1. The summed E-state index contributed by atoms with van der Waals surface area (Å²) in [5, 5.41) is 29.5. The number of carbonyl (C=O) groups excluding carboxylic acids is 3. The number of fused-ring (bicyclic) bond motifs is 1. The van der Waals surface area contributed by atoms with Crippen molar-refractivity contribution in [2.45, 2.75) is 16.6 Å². The lowest BCUT2D eigenvalue weighted by molar-refractivity contribution is -0.150. The molecule has 2 aliphatic heterocycles. The molecule has 3 amide bonds. The van der Waals surface area contributed by atoms with E-state index in [1.165, 1.54) is 28.2 Å². The van der Waals surface area contributed by atoms with Gasteiger partial charge in [-0.25, -0.2) is 14.5 Å². The van der Waals surface area contributed by atoms with Crippen molar-refractivity contribution in [2.24, 2.45) is 12.2 Å². The van der Waals surface area contributed by atoms with Crippen LogP contribution in [0.5, 0.6) is 0 Å². The first-order valence-corrected chi connectivity index (χ1v) is 13.6. The number of oxime groups is 1. The van der Waals surface area contributed by atoms with Gasteiger partial charge in [0.2, 0.25) is 11.6 Å². The second-order valence-electron chi connectivity index (χ2n) is 7.31. The van der Waals surface area contributed by atoms with E-state index >= 15 is 0 Å². The SMILES string of the molecule is C#CCON=C(C(=O)NC1C(=O)N2C(C(=O)O)=C(CSc3nnnn3C)CS[C@H]12)c1nc(NC=O)sc1Cl. The number of rotatable bonds is 11. The summed E-state index contributed by atoms with van der Waals surface area (Å²) in [5.74, 6) is -0.00601. The maximum absolute atomic E-state index is 13.1. The first-order chi connectivity index (χ1) is 18.3. The lowest BCUT2D eigenvalue weighted by Crippen LogP contribution is -2.71. The van der Waals surface area contributed by atoms with Crippen molar-refractivity contribution in [1.82, 2.24) is 35.4 Å². The van der Waals surface area contributed by atoms with E-state index in [-0.39, 0.29) is 38.9 Å². The molecule has 1 fully saturated rings. The van der Waals surface area contributed by atoms with E-state index in [0.29, 0.717) is 22.9 Å². The van der Waals surface area contributed by atoms with Crippen LogP contribution in [0.3, 0.4) is 0 Å². The number of thiazole rings is 1. The third-order valence-electron chi connectivity index (χ3n) is 5.00. The van der Waals surface area contributed by atoms with Crippen molar-refractivity contribution < 1.29 is 29.1 Å². The first-order valence-electron chi connectivity index (χ1n) is 10.3. The molecule has 2 aromatic heterocycles. The molecule has 198 valence electrons. The molecule has 2 atom stereocenters. The number of hydrogen-bond acceptors (Lipinski definition) is 13. The van der Waals surface area contributed by atoms with Crippen molar-refractivity contribution in [3.8, 4) is 12.3 Å². The highest BCUT2D eigenvalue weighted by Gasteiger charge is 2.54. The van der Waals surface area contributed by atoms with Gasteiger partial charge in [0.05, 0.1) is 0 Å². The predicted molar refractivity (Wildman–Crippen MR) is 137 cm³/mol. The fourth-order valence-corrected chi connectivity index (χ4v) is 6.72. The number of carboxylic acid groups (broad SMARTS) is 1. The zero-order valence-electron chi connectivity index (χ0n) is 19.2. The van der Waals surface area contributed by atoms with Gasteiger partial charge in [0, 0.05) is 18.6 Å². The van der Waals surface area contributed by atoms with E-state index in [0.717, 1.165) is 16.2 Å². The second kappa shape index (κ2) is 11.8. The van der Waals surface area contributed by atoms with Gasteiger partial charge in [0.1, 0.15) is 27.1 Å². The van der Waals surface area contributed by atoms with E-state index in [1.54, 1.807) is 7.05 Å². The summed E-state index contributed by atoms with van der Waals surface area (Å²) in [6.07, 6.45) is 5.55. The van der Waals surface area contributed by atoms with Crippen molar-refractivity contribution in [3.63, 3.8) is 0 Å². The Kier molecular flexibility index (Phi) is 8.51. The summed E-state index contributed by atoms with van der Waals surface area (Å²) in [7, 11) is 1.65. The molecule has 2 aliphatic rings. The van der Waals surface area contributed by atoms with E-state index in [9.17, 15) is 24.3 Å². The largest absolute Gasteiger partial charge is 0.477 e. The summed E-state index contributed by atoms with van der Waals surface area (Å²) in [6.45, 7) is -0.259. The molecule has 0 saturated carbocycles. The van der Waals surface area contributed by atoms with Crippen molar-refractivity contribution >= 4 is 81.5 Å². The monoisotopic (exact) mass is 597 g/mol. The highest BCUT2D eigenvalue weighted by Crippen LogP contribution is 2.41. The number of aromatic nitrogens is 5. The number of tetrazole rings is 1. The van der Waals surface area contributed by atoms with E-state index in [1.807, 2.05) is 0 Å². The van der Waals surface area contributed by atoms with Crippen LogP contribution in [0, 0.1) is 12.3 Å². The molecule has 4 heterocycles. The highest BCUT2D eigenvalue weighted by atomic mass is 35.5. The van der Waals surface area contributed by atoms with Crippen molar-refractivity contribution in [2.75, 3.05) is 23.4 Å². The topological polar surface area (TPSA) is 194 Å². The number of carboxylic acids is 1. The van der Waals surface area contributed by atoms with Crippen LogP contribution in [0.2, 0.25) is 4.34 Å². The van der Waals surface area contributed by atoms with Crippen LogP contribution in [0.4, 0.5) is 5.13 Å². The number of anilines is 1. The third-order valence-corrected chi connectivity index (χ3v) is 8.63. The minimum atomic E-state index is -1.27. The van der Waals surface area contributed by atoms with Crippen LogP contribution in [-0.2, 0) is 31.1 Å². The van der Waals surface area contributed by atoms with Crippen LogP contribution < -0.4 is 10.6 Å². The van der Waals surface area contributed by atoms with Gasteiger partial charge in [-0.15, -0.1) is 23.3 Å². The maximum Gasteiger partial charge on any atom is 0.352 e. The number of halogens is 1. The summed E-state index contributed by atoms with van der Waals surface area (Å²) in [5.41, 5.74) is -0.112. The van der Waals surface area contributed by atoms with Crippen molar-refractivity contribution in [1.29, 1.82) is 0 Å². The van der Waals surface area contributed by atoms with Crippen LogP contribution in [0.25, 0.3) is 0 Å². The summed E-state index contributed by atoms with van der Waals surface area (Å²) in [4.78, 5) is 59.1. The Labute approximate surface area is 231 Å². The number of nitrogens with one attached hydrogen (secondary N) is 2. The molecular formula is C19H16ClN9O6S3. The van der Waals surface area contributed by atoms with Crippen molar-refractivity contribution in [3.05, 3.63) is 21.3 Å². The second-order valence-corrected chi connectivity index (χ2v) is 11.0. The van der Waals surface area contributed by atoms with Gasteiger partial charge in [-0.05, 0) is 16.0 Å². The van der Waals surface area contributed by atoms with Gasteiger partial charge in [-0.2, -0.15) is 0 Å². The molecule has 0 radical (unpaired) electrons. The number of aryl methyl sites for hydroxylation is 1. The molecule has 19 heteroatoms. The molecule has 1 saturated heterocycles. The summed E-state index contributed by atoms with van der Waals surface area (Å²) >= 11 is 9.58. The molecule has 4 rings (SSSR count). The molecule has 1 unspecified atom stereocenters. The fraction of sp³-hybridized carbons (Fsp3) is 0.316. The molecule has 0 bridgehead atoms. The van der Waals surface area contributed by atoms with Crippen LogP contribution >= 0.6 is 46.5 Å². The van der Waals surface area contributed by atoms with E-state index < -0.39 is 29.2 Å². The van der Waals surface area contributed by atoms with Crippen LogP contribution in [-0.4, -0.2) is 94.6 Å². The number of nitrogens with zero attached hydrogens (tertiary/aromatic N) is 7. The summed E-state index contributed by atoms with van der Waals surface area (Å²) < 4.78 is 1.47. The standard InChI is InChI=1S/C19H16ClN9O6S3/c1-3-4-35-25-10(9-13(20)38-18(23-9)21-7-30)14(31)22-11-15(32)29-12(17(33)34)8(5-36-16(11)29)6-37-19-24-26-27-28(19)2/h1,7,11,16H,4-6H2,2H3,(H,22,31)(H,33,34)(H,21,23,30)/t11?,16-/m1/s1. The lowest BCUT2D eigenvalue weighted by atomic mass is 10.0. The normalized spacial score (nSPS) is 18.8. The Bertz CT molecular complexity index is 1400. The number of aliphatic carboxylic acids is 1. The van der Waals surface area contributed by atoms with Crippen LogP contribution in [0.1, 0.15) is 5.69 Å². The summed E-state index contributed by atoms with van der Waals surface area (Å²) in [6, 6.07) is -1.05. The maximum atomic E-state index is 13.1. The van der Waals surface area contributed by atoms with Gasteiger partial charge in [-0.1, -0.05) is 45.8 Å².